The zero-order valence-electron chi connectivity index (χ0n) is 16.2. The van der Waals surface area contributed by atoms with Gasteiger partial charge in [0.1, 0.15) is 0 Å². The first-order valence-corrected chi connectivity index (χ1v) is 8.41. The summed E-state index contributed by atoms with van der Waals surface area (Å²) < 4.78 is 47.1. The number of nitrogens with zero attached hydrogens (tertiary/aromatic N) is 3. The quantitative estimate of drug-likeness (QED) is 0.354. The van der Waals surface area contributed by atoms with Crippen molar-refractivity contribution in [2.24, 2.45) is 10.7 Å². The van der Waals surface area contributed by atoms with Crippen molar-refractivity contribution in [2.75, 3.05) is 13.7 Å². The predicted octanol–water partition coefficient (Wildman–Crippen LogP) is 3.57. The van der Waals surface area contributed by atoms with Gasteiger partial charge in [-0.1, -0.05) is 6.07 Å². The Balaban J connectivity index is 0.00000392. The topological polar surface area (TPSA) is 77.5 Å². The minimum Gasteiger partial charge on any atom is -0.383 e. The number of methoxy groups -OCH3 is 1. The Morgan fingerprint density at radius 2 is 2.00 bits per heavy atom. The molecule has 0 aliphatic rings. The van der Waals surface area contributed by atoms with Gasteiger partial charge in [-0.3, -0.25) is 0 Å². The number of alkyl halides is 3. The van der Waals surface area contributed by atoms with Crippen LogP contribution in [0.1, 0.15) is 29.4 Å². The fourth-order valence-corrected chi connectivity index (χ4v) is 2.75. The number of nitrogens with two attached hydrogens (primary N) is 1. The van der Waals surface area contributed by atoms with Crippen LogP contribution in [0.25, 0.3) is 5.69 Å². The van der Waals surface area contributed by atoms with Crippen molar-refractivity contribution in [3.63, 3.8) is 0 Å². The molecule has 0 radical (unpaired) electrons. The van der Waals surface area contributed by atoms with Gasteiger partial charge in [-0.15, -0.1) is 24.0 Å². The molecule has 0 saturated heterocycles. The van der Waals surface area contributed by atoms with Crippen LogP contribution in [0.15, 0.2) is 29.3 Å². The number of benzene rings is 1. The van der Waals surface area contributed by atoms with E-state index < -0.39 is 11.7 Å². The number of aryl methyl sites for hydroxylation is 2. The zero-order valence-corrected chi connectivity index (χ0v) is 18.5. The van der Waals surface area contributed by atoms with Crippen LogP contribution in [0.3, 0.4) is 0 Å². The molecular formula is C18H25F3IN5O. The largest absolute Gasteiger partial charge is 0.416 e. The van der Waals surface area contributed by atoms with E-state index in [0.717, 1.165) is 17.5 Å². The summed E-state index contributed by atoms with van der Waals surface area (Å²) in [5.74, 6) is 0.0651. The Hall–Kier alpha value is -1.82. The van der Waals surface area contributed by atoms with Crippen LogP contribution in [0, 0.1) is 13.8 Å². The van der Waals surface area contributed by atoms with Gasteiger partial charge >= 0.3 is 6.18 Å². The van der Waals surface area contributed by atoms with E-state index in [9.17, 15) is 13.2 Å². The number of halogens is 4. The molecule has 2 rings (SSSR count). The van der Waals surface area contributed by atoms with Gasteiger partial charge < -0.3 is 15.8 Å². The number of rotatable bonds is 6. The Labute approximate surface area is 179 Å². The van der Waals surface area contributed by atoms with Crippen LogP contribution in [0.2, 0.25) is 0 Å². The molecule has 0 amide bonds. The maximum atomic E-state index is 13.5. The number of ether oxygens (including phenoxy) is 1. The fourth-order valence-electron chi connectivity index (χ4n) is 2.75. The van der Waals surface area contributed by atoms with Gasteiger partial charge in [0.2, 0.25) is 0 Å². The minimum atomic E-state index is -4.51. The average Bonchev–Trinajstić information content (AvgIpc) is 2.90. The minimum absolute atomic E-state index is 0. The molecule has 0 aliphatic heterocycles. The van der Waals surface area contributed by atoms with Crippen molar-refractivity contribution < 1.29 is 17.9 Å². The molecule has 1 atom stereocenters. The number of nitrogens with one attached hydrogen (secondary N) is 1. The molecule has 1 unspecified atom stereocenters. The van der Waals surface area contributed by atoms with Crippen LogP contribution in [-0.4, -0.2) is 35.5 Å². The molecule has 0 saturated carbocycles. The lowest BCUT2D eigenvalue weighted by molar-refractivity contribution is -0.138. The standard InChI is InChI=1S/C18H24F3N5O.HI/c1-11-7-13(3)26(25-11)15-6-5-14(16(8-15)18(19,20)21)9-23-17(22)24-12(2)10-27-4;/h5-8,12H,9-10H2,1-4H3,(H3,22,23,24);1H. The van der Waals surface area contributed by atoms with Crippen molar-refractivity contribution in [2.45, 2.75) is 39.5 Å². The van der Waals surface area contributed by atoms with Gasteiger partial charge in [0, 0.05) is 18.8 Å². The van der Waals surface area contributed by atoms with Crippen LogP contribution in [0.4, 0.5) is 13.2 Å². The summed E-state index contributed by atoms with van der Waals surface area (Å²) in [4.78, 5) is 4.02. The first-order chi connectivity index (χ1) is 12.6. The van der Waals surface area contributed by atoms with Crippen molar-refractivity contribution in [1.82, 2.24) is 15.1 Å². The Morgan fingerprint density at radius 1 is 1.32 bits per heavy atom. The summed E-state index contributed by atoms with van der Waals surface area (Å²) in [7, 11) is 1.55. The van der Waals surface area contributed by atoms with Gasteiger partial charge in [0.25, 0.3) is 0 Å². The van der Waals surface area contributed by atoms with E-state index in [1.807, 2.05) is 6.92 Å². The second-order valence-electron chi connectivity index (χ2n) is 6.38. The van der Waals surface area contributed by atoms with Crippen molar-refractivity contribution in [3.05, 3.63) is 46.8 Å². The fraction of sp³-hybridized carbons (Fsp3) is 0.444. The van der Waals surface area contributed by atoms with E-state index in [0.29, 0.717) is 12.3 Å². The third kappa shape index (κ3) is 6.36. The van der Waals surface area contributed by atoms with E-state index >= 15 is 0 Å². The molecule has 3 N–H and O–H groups in total. The van der Waals surface area contributed by atoms with E-state index in [-0.39, 0.29) is 48.1 Å². The highest BCUT2D eigenvalue weighted by molar-refractivity contribution is 14.0. The molecule has 0 spiro atoms. The lowest BCUT2D eigenvalue weighted by atomic mass is 10.1. The molecule has 28 heavy (non-hydrogen) atoms. The highest BCUT2D eigenvalue weighted by Gasteiger charge is 2.33. The van der Waals surface area contributed by atoms with Crippen LogP contribution < -0.4 is 11.1 Å². The highest BCUT2D eigenvalue weighted by atomic mass is 127. The third-order valence-electron chi connectivity index (χ3n) is 3.88. The molecule has 1 aromatic heterocycles. The van der Waals surface area contributed by atoms with Gasteiger partial charge in [0.05, 0.1) is 30.1 Å². The molecule has 1 aromatic carbocycles. The second kappa shape index (κ2) is 10.1. The molecule has 0 bridgehead atoms. The molecule has 6 nitrogen and oxygen atoms in total. The van der Waals surface area contributed by atoms with Gasteiger partial charge in [0.15, 0.2) is 5.96 Å². The molecule has 0 aliphatic carbocycles. The number of hydrogen-bond donors (Lipinski definition) is 2. The Morgan fingerprint density at radius 3 is 2.54 bits per heavy atom. The van der Waals surface area contributed by atoms with Crippen LogP contribution in [0.5, 0.6) is 0 Å². The lowest BCUT2D eigenvalue weighted by Crippen LogP contribution is -2.40. The highest BCUT2D eigenvalue weighted by Crippen LogP contribution is 2.34. The maximum Gasteiger partial charge on any atom is 0.416 e. The second-order valence-corrected chi connectivity index (χ2v) is 6.38. The molecule has 0 fully saturated rings. The normalized spacial score (nSPS) is 13.2. The monoisotopic (exact) mass is 511 g/mol. The molecule has 10 heteroatoms. The number of aromatic nitrogens is 2. The molecular weight excluding hydrogens is 486 g/mol. The summed E-state index contributed by atoms with van der Waals surface area (Å²) >= 11 is 0. The summed E-state index contributed by atoms with van der Waals surface area (Å²) in [6, 6.07) is 5.79. The van der Waals surface area contributed by atoms with Gasteiger partial charge in [-0.2, -0.15) is 18.3 Å². The number of aliphatic imine (C=N–C) groups is 1. The maximum absolute atomic E-state index is 13.5. The lowest BCUT2D eigenvalue weighted by Gasteiger charge is -2.16. The number of guanidine groups is 1. The summed E-state index contributed by atoms with van der Waals surface area (Å²) in [5, 5.41) is 7.10. The first kappa shape index (κ1) is 24.2. The summed E-state index contributed by atoms with van der Waals surface area (Å²) in [5.41, 5.74) is 6.87. The average molecular weight is 511 g/mol. The van der Waals surface area contributed by atoms with Gasteiger partial charge in [-0.05, 0) is 44.5 Å². The molecule has 1 heterocycles. The Kier molecular flexibility index (Phi) is 8.74. The number of hydrogen-bond acceptors (Lipinski definition) is 3. The van der Waals surface area contributed by atoms with Gasteiger partial charge in [-0.25, -0.2) is 9.67 Å². The van der Waals surface area contributed by atoms with E-state index in [1.54, 1.807) is 33.1 Å². The van der Waals surface area contributed by atoms with E-state index in [1.165, 1.54) is 10.7 Å². The van der Waals surface area contributed by atoms with Crippen LogP contribution in [-0.2, 0) is 17.5 Å². The van der Waals surface area contributed by atoms with E-state index in [4.69, 9.17) is 10.5 Å². The summed E-state index contributed by atoms with van der Waals surface area (Å²) in [6.07, 6.45) is -4.51. The van der Waals surface area contributed by atoms with Crippen molar-refractivity contribution in [3.8, 4) is 5.69 Å². The molecule has 2 aromatic rings. The van der Waals surface area contributed by atoms with Crippen molar-refractivity contribution in [1.29, 1.82) is 0 Å². The summed E-state index contributed by atoms with van der Waals surface area (Å²) in [6.45, 7) is 5.62. The third-order valence-corrected chi connectivity index (χ3v) is 3.88. The van der Waals surface area contributed by atoms with Crippen LogP contribution >= 0.6 is 24.0 Å². The zero-order chi connectivity index (χ0) is 20.2. The van der Waals surface area contributed by atoms with Crippen molar-refractivity contribution >= 4 is 29.9 Å². The smallest absolute Gasteiger partial charge is 0.383 e. The Bertz CT molecular complexity index is 820. The first-order valence-electron chi connectivity index (χ1n) is 8.41. The van der Waals surface area contributed by atoms with E-state index in [2.05, 4.69) is 15.4 Å². The predicted molar refractivity (Wildman–Crippen MR) is 113 cm³/mol. The molecule has 156 valence electrons. The SMILES string of the molecule is COCC(C)NC(N)=NCc1ccc(-n2nc(C)cc2C)cc1C(F)(F)F.I.